The van der Waals surface area contributed by atoms with E-state index in [0.29, 0.717) is 11.3 Å². The molecule has 1 aliphatic heterocycles. The first-order valence-electron chi connectivity index (χ1n) is 12.1. The summed E-state index contributed by atoms with van der Waals surface area (Å²) in [5, 5.41) is 0. The third-order valence-corrected chi connectivity index (χ3v) is 10.2. The number of hydrogen-bond donors (Lipinski definition) is 0. The number of carbonyl (C=O) groups is 1. The summed E-state index contributed by atoms with van der Waals surface area (Å²) in [6.07, 6.45) is 16.4. The van der Waals surface area contributed by atoms with Crippen molar-refractivity contribution in [1.82, 2.24) is 4.90 Å². The summed E-state index contributed by atoms with van der Waals surface area (Å²) in [7, 11) is 0. The maximum absolute atomic E-state index is 11.8. The Kier molecular flexibility index (Phi) is 4.50. The average molecular weight is 398 g/mol. The molecule has 0 N–H and O–H groups in total. The predicted octanol–water partition coefficient (Wildman–Crippen LogP) is 5.86. The van der Waals surface area contributed by atoms with Crippen LogP contribution >= 0.6 is 0 Å². The molecule has 0 spiro atoms. The van der Waals surface area contributed by atoms with E-state index in [-0.39, 0.29) is 17.0 Å². The summed E-state index contributed by atoms with van der Waals surface area (Å²) in [5.74, 6) is 2.11. The molecule has 3 nitrogen and oxygen atoms in total. The summed E-state index contributed by atoms with van der Waals surface area (Å²) >= 11 is 0. The van der Waals surface area contributed by atoms with Gasteiger partial charge in [-0.1, -0.05) is 19.9 Å². The highest BCUT2D eigenvalue weighted by Gasteiger charge is 2.63. The van der Waals surface area contributed by atoms with E-state index in [1.54, 1.807) is 18.2 Å². The first-order chi connectivity index (χ1) is 13.8. The van der Waals surface area contributed by atoms with Crippen molar-refractivity contribution < 1.29 is 9.53 Å². The van der Waals surface area contributed by atoms with Gasteiger partial charge in [0.15, 0.2) is 0 Å². The van der Waals surface area contributed by atoms with Gasteiger partial charge >= 0.3 is 5.97 Å². The quantitative estimate of drug-likeness (QED) is 0.547. The van der Waals surface area contributed by atoms with Gasteiger partial charge in [-0.3, -0.25) is 4.79 Å². The van der Waals surface area contributed by atoms with Crippen molar-refractivity contribution in [3.63, 3.8) is 0 Å². The van der Waals surface area contributed by atoms with Crippen LogP contribution in [0.5, 0.6) is 0 Å². The van der Waals surface area contributed by atoms with Crippen LogP contribution in [-0.4, -0.2) is 29.6 Å². The van der Waals surface area contributed by atoms with Crippen molar-refractivity contribution in [3.8, 4) is 0 Å². The molecular weight excluding hydrogens is 358 g/mol. The Labute approximate surface area is 176 Å². The second kappa shape index (κ2) is 6.62. The summed E-state index contributed by atoms with van der Waals surface area (Å²) in [4.78, 5) is 14.5. The van der Waals surface area contributed by atoms with Crippen LogP contribution in [0.3, 0.4) is 0 Å². The Morgan fingerprint density at radius 2 is 1.79 bits per heavy atom. The summed E-state index contributed by atoms with van der Waals surface area (Å²) in [6, 6.07) is 0. The van der Waals surface area contributed by atoms with E-state index in [4.69, 9.17) is 4.74 Å². The van der Waals surface area contributed by atoms with E-state index >= 15 is 0 Å². The van der Waals surface area contributed by atoms with Gasteiger partial charge in [0.25, 0.3) is 0 Å². The maximum Gasteiger partial charge on any atom is 0.303 e. The number of rotatable bonds is 2. The summed E-state index contributed by atoms with van der Waals surface area (Å²) in [5.41, 5.74) is 3.43. The van der Waals surface area contributed by atoms with E-state index < -0.39 is 0 Å². The Morgan fingerprint density at radius 1 is 1.07 bits per heavy atom. The molecule has 0 aromatic heterocycles. The van der Waals surface area contributed by atoms with E-state index in [9.17, 15) is 4.79 Å². The van der Waals surface area contributed by atoms with Crippen LogP contribution in [0.25, 0.3) is 0 Å². The van der Waals surface area contributed by atoms with E-state index in [1.165, 1.54) is 64.5 Å². The number of fused-ring (bicyclic) bond motifs is 5. The summed E-state index contributed by atoms with van der Waals surface area (Å²) in [6.45, 7) is 11.3. The molecule has 0 aromatic rings. The van der Waals surface area contributed by atoms with Crippen molar-refractivity contribution in [1.29, 1.82) is 0 Å². The van der Waals surface area contributed by atoms with Crippen LogP contribution in [-0.2, 0) is 9.53 Å². The monoisotopic (exact) mass is 397 g/mol. The molecule has 1 saturated heterocycles. The molecule has 160 valence electrons. The number of likely N-dealkylation sites (tertiary alicyclic amines) is 1. The smallest absolute Gasteiger partial charge is 0.303 e. The van der Waals surface area contributed by atoms with Gasteiger partial charge in [-0.2, -0.15) is 0 Å². The zero-order chi connectivity index (χ0) is 20.4. The van der Waals surface area contributed by atoms with Gasteiger partial charge in [-0.05, 0) is 99.5 Å². The predicted molar refractivity (Wildman–Crippen MR) is 116 cm³/mol. The molecule has 6 atom stereocenters. The van der Waals surface area contributed by atoms with E-state index in [1.807, 2.05) is 0 Å². The zero-order valence-electron chi connectivity index (χ0n) is 18.9. The summed E-state index contributed by atoms with van der Waals surface area (Å²) < 4.78 is 5.98. The van der Waals surface area contributed by atoms with Crippen LogP contribution in [0, 0.1) is 28.6 Å². The normalized spacial score (nSPS) is 46.3. The van der Waals surface area contributed by atoms with Gasteiger partial charge in [-0.25, -0.2) is 0 Å². The second-order valence-corrected chi connectivity index (χ2v) is 11.3. The molecule has 1 heterocycles. The number of esters is 1. The first-order valence-corrected chi connectivity index (χ1v) is 12.1. The minimum absolute atomic E-state index is 0.110. The maximum atomic E-state index is 11.8. The average Bonchev–Trinajstić information content (AvgIpc) is 3.28. The first kappa shape index (κ1) is 19.7. The molecule has 3 heteroatoms. The van der Waals surface area contributed by atoms with Crippen molar-refractivity contribution in [3.05, 3.63) is 23.4 Å². The van der Waals surface area contributed by atoms with E-state index in [2.05, 4.69) is 37.8 Å². The SMILES string of the molecule is CC(=O)O[C@@]1(C)CC[C@H]2[C@@H]3CC=C4C=C(N5CCCC5)CC[C@]4(C)[C@H]3CC[C@@]21C. The third-order valence-electron chi connectivity index (χ3n) is 10.2. The topological polar surface area (TPSA) is 29.5 Å². The number of carbonyl (C=O) groups excluding carboxylic acids is 1. The molecule has 5 aliphatic rings. The minimum atomic E-state index is -0.283. The molecule has 0 amide bonds. The minimum Gasteiger partial charge on any atom is -0.459 e. The van der Waals surface area contributed by atoms with Gasteiger partial charge < -0.3 is 9.64 Å². The number of allylic oxidation sites excluding steroid dienone is 4. The van der Waals surface area contributed by atoms with Crippen molar-refractivity contribution in [2.24, 2.45) is 28.6 Å². The molecule has 0 aromatic carbocycles. The van der Waals surface area contributed by atoms with Crippen molar-refractivity contribution in [2.75, 3.05) is 13.1 Å². The fourth-order valence-corrected chi connectivity index (χ4v) is 8.27. The van der Waals surface area contributed by atoms with Crippen LogP contribution < -0.4 is 0 Å². The van der Waals surface area contributed by atoms with Crippen LogP contribution in [0.15, 0.2) is 23.4 Å². The lowest BCUT2D eigenvalue weighted by atomic mass is 9.47. The highest BCUT2D eigenvalue weighted by molar-refractivity contribution is 5.66. The second-order valence-electron chi connectivity index (χ2n) is 11.3. The molecule has 3 fully saturated rings. The van der Waals surface area contributed by atoms with Gasteiger partial charge in [0, 0.05) is 31.1 Å². The fraction of sp³-hybridized carbons (Fsp3) is 0.808. The lowest BCUT2D eigenvalue weighted by molar-refractivity contribution is -0.176. The standard InChI is InChI=1S/C26H39NO2/c1-18(28)29-26(4)14-11-23-21-8-7-19-17-20(27-15-5-6-16-27)9-12-24(19,2)22(21)10-13-25(23,26)3/h7,17,21-23H,5-6,8-16H2,1-4H3/t21-,22+,23+,24+,25+,26+/m1/s1. The third kappa shape index (κ3) is 2.78. The highest BCUT2D eigenvalue weighted by atomic mass is 16.6. The van der Waals surface area contributed by atoms with Crippen LogP contribution in [0.2, 0.25) is 0 Å². The van der Waals surface area contributed by atoms with Gasteiger partial charge in [0.1, 0.15) is 5.60 Å². The number of nitrogens with zero attached hydrogens (tertiary/aromatic N) is 1. The largest absolute Gasteiger partial charge is 0.459 e. The van der Waals surface area contributed by atoms with Crippen LogP contribution in [0.1, 0.15) is 85.5 Å². The van der Waals surface area contributed by atoms with Crippen LogP contribution in [0.4, 0.5) is 0 Å². The molecule has 0 bridgehead atoms. The van der Waals surface area contributed by atoms with Crippen molar-refractivity contribution >= 4 is 5.97 Å². The Bertz CT molecular complexity index is 763. The van der Waals surface area contributed by atoms with Gasteiger partial charge in [-0.15, -0.1) is 0 Å². The Morgan fingerprint density at radius 3 is 2.52 bits per heavy atom. The molecule has 0 radical (unpaired) electrons. The molecule has 4 aliphatic carbocycles. The van der Waals surface area contributed by atoms with Crippen molar-refractivity contribution in [2.45, 2.75) is 91.1 Å². The lowest BCUT2D eigenvalue weighted by Crippen LogP contribution is -2.54. The molecular formula is C26H39NO2. The van der Waals surface area contributed by atoms with Gasteiger partial charge in [0.05, 0.1) is 0 Å². The Balaban J connectivity index is 1.43. The molecule has 2 saturated carbocycles. The lowest BCUT2D eigenvalue weighted by Gasteiger charge is -2.58. The number of hydrogen-bond acceptors (Lipinski definition) is 3. The molecule has 29 heavy (non-hydrogen) atoms. The fourth-order valence-electron chi connectivity index (χ4n) is 8.27. The molecule has 5 rings (SSSR count). The highest BCUT2D eigenvalue weighted by Crippen LogP contribution is 2.67. The van der Waals surface area contributed by atoms with E-state index in [0.717, 1.165) is 18.3 Å². The zero-order valence-corrected chi connectivity index (χ0v) is 18.9. The molecule has 0 unspecified atom stereocenters. The van der Waals surface area contributed by atoms with Gasteiger partial charge in [0.2, 0.25) is 0 Å². The Hall–Kier alpha value is -1.25. The number of ether oxygens (including phenoxy) is 1.